The van der Waals surface area contributed by atoms with Gasteiger partial charge in [-0.15, -0.1) is 0 Å². The van der Waals surface area contributed by atoms with Gasteiger partial charge in [0, 0.05) is 23.9 Å². The van der Waals surface area contributed by atoms with E-state index in [0.29, 0.717) is 5.75 Å². The topological polar surface area (TPSA) is 52.5 Å². The average Bonchev–Trinajstić information content (AvgIpc) is 2.49. The van der Waals surface area contributed by atoms with Crippen LogP contribution in [0.25, 0.3) is 0 Å². The van der Waals surface area contributed by atoms with Gasteiger partial charge in [-0.1, -0.05) is 6.07 Å². The second-order valence-corrected chi connectivity index (χ2v) is 3.36. The van der Waals surface area contributed by atoms with Crippen LogP contribution in [0.2, 0.25) is 0 Å². The number of benzene rings is 1. The Balaban J connectivity index is 2.20. The lowest BCUT2D eigenvalue weighted by Gasteiger charge is -2.07. The number of anilines is 1. The van der Waals surface area contributed by atoms with E-state index in [2.05, 4.69) is 5.32 Å². The number of fused-ring (bicyclic) bond motifs is 1. The van der Waals surface area contributed by atoms with E-state index in [0.717, 1.165) is 24.1 Å². The van der Waals surface area contributed by atoms with Crippen molar-refractivity contribution in [2.75, 3.05) is 11.9 Å². The molecule has 1 aromatic carbocycles. The third-order valence-corrected chi connectivity index (χ3v) is 2.44. The lowest BCUT2D eigenvalue weighted by molar-refractivity contribution is 0.280. The van der Waals surface area contributed by atoms with Crippen LogP contribution >= 0.6 is 0 Å². The van der Waals surface area contributed by atoms with Gasteiger partial charge >= 0.3 is 0 Å². The Hall–Kier alpha value is -1.22. The van der Waals surface area contributed by atoms with Crippen molar-refractivity contribution in [1.82, 2.24) is 0 Å². The van der Waals surface area contributed by atoms with Gasteiger partial charge in [0.25, 0.3) is 0 Å². The van der Waals surface area contributed by atoms with Crippen LogP contribution < -0.4 is 5.32 Å². The second kappa shape index (κ2) is 3.26. The minimum atomic E-state index is 0.187. The Kier molecular flexibility index (Phi) is 2.10. The van der Waals surface area contributed by atoms with Crippen LogP contribution in [0.15, 0.2) is 18.2 Å². The molecule has 3 nitrogen and oxygen atoms in total. The predicted octanol–water partition coefficient (Wildman–Crippen LogP) is 1.11. The molecule has 0 fully saturated rings. The summed E-state index contributed by atoms with van der Waals surface area (Å²) in [6.07, 6.45) is 1.54. The maximum Gasteiger partial charge on any atom is 0.120 e. The first-order valence-corrected chi connectivity index (χ1v) is 4.49. The molecule has 0 radical (unpaired) electrons. The number of rotatable bonds is 2. The second-order valence-electron chi connectivity index (χ2n) is 3.36. The predicted molar refractivity (Wildman–Crippen MR) is 50.9 cm³/mol. The zero-order valence-corrected chi connectivity index (χ0v) is 7.33. The number of phenolic OH excluding ortho intramolecular Hbond substituents is 1. The van der Waals surface area contributed by atoms with Crippen LogP contribution in [-0.4, -0.2) is 22.9 Å². The lowest BCUT2D eigenvalue weighted by atomic mass is 10.1. The fourth-order valence-electron chi connectivity index (χ4n) is 1.77. The minimum Gasteiger partial charge on any atom is -0.508 e. The van der Waals surface area contributed by atoms with Gasteiger partial charge in [0.2, 0.25) is 0 Å². The molecule has 3 N–H and O–H groups in total. The molecule has 1 aromatic rings. The van der Waals surface area contributed by atoms with Crippen molar-refractivity contribution in [2.45, 2.75) is 18.9 Å². The number of hydrogen-bond acceptors (Lipinski definition) is 3. The molecule has 3 heteroatoms. The van der Waals surface area contributed by atoms with Crippen LogP contribution in [0.1, 0.15) is 12.0 Å². The molecule has 0 amide bonds. The van der Waals surface area contributed by atoms with Gasteiger partial charge in [-0.05, 0) is 25.0 Å². The maximum atomic E-state index is 9.51. The molecule has 1 atom stereocenters. The van der Waals surface area contributed by atoms with Crippen molar-refractivity contribution >= 4 is 5.69 Å². The molecule has 1 aliphatic heterocycles. The molecule has 0 saturated carbocycles. The van der Waals surface area contributed by atoms with Crippen molar-refractivity contribution in [3.8, 4) is 5.75 Å². The maximum absolute atomic E-state index is 9.51. The van der Waals surface area contributed by atoms with E-state index in [4.69, 9.17) is 5.11 Å². The van der Waals surface area contributed by atoms with E-state index in [9.17, 15) is 5.11 Å². The van der Waals surface area contributed by atoms with Gasteiger partial charge in [0.05, 0.1) is 0 Å². The Morgan fingerprint density at radius 1 is 1.46 bits per heavy atom. The van der Waals surface area contributed by atoms with Gasteiger partial charge in [-0.25, -0.2) is 0 Å². The van der Waals surface area contributed by atoms with E-state index < -0.39 is 0 Å². The third kappa shape index (κ3) is 1.47. The molecular weight excluding hydrogens is 166 g/mol. The highest BCUT2D eigenvalue weighted by Gasteiger charge is 2.21. The van der Waals surface area contributed by atoms with Crippen LogP contribution in [0.3, 0.4) is 0 Å². The van der Waals surface area contributed by atoms with Crippen molar-refractivity contribution in [3.63, 3.8) is 0 Å². The first-order chi connectivity index (χ1) is 6.31. The van der Waals surface area contributed by atoms with Crippen molar-refractivity contribution in [2.24, 2.45) is 0 Å². The summed E-state index contributed by atoms with van der Waals surface area (Å²) in [4.78, 5) is 0. The largest absolute Gasteiger partial charge is 0.508 e. The van der Waals surface area contributed by atoms with Crippen LogP contribution in [0, 0.1) is 0 Å². The number of phenols is 1. The number of aromatic hydroxyl groups is 1. The highest BCUT2D eigenvalue weighted by molar-refractivity contribution is 5.61. The molecule has 13 heavy (non-hydrogen) atoms. The van der Waals surface area contributed by atoms with Crippen molar-refractivity contribution in [1.29, 1.82) is 0 Å². The molecule has 1 unspecified atom stereocenters. The van der Waals surface area contributed by atoms with Crippen LogP contribution in [0.4, 0.5) is 5.69 Å². The Labute approximate surface area is 77.0 Å². The van der Waals surface area contributed by atoms with E-state index >= 15 is 0 Å². The number of nitrogens with one attached hydrogen (secondary N) is 1. The lowest BCUT2D eigenvalue weighted by Crippen LogP contribution is -2.16. The fourth-order valence-corrected chi connectivity index (χ4v) is 1.77. The molecule has 1 heterocycles. The quantitative estimate of drug-likeness (QED) is 0.637. The normalized spacial score (nSPS) is 19.6. The SMILES string of the molecule is OCCC1Cc2c(O)cccc2N1. The monoisotopic (exact) mass is 179 g/mol. The van der Waals surface area contributed by atoms with Crippen molar-refractivity contribution in [3.05, 3.63) is 23.8 Å². The van der Waals surface area contributed by atoms with Gasteiger partial charge in [-0.2, -0.15) is 0 Å². The number of aliphatic hydroxyl groups is 1. The summed E-state index contributed by atoms with van der Waals surface area (Å²) in [6.45, 7) is 0.187. The number of aliphatic hydroxyl groups excluding tert-OH is 1. The summed E-state index contributed by atoms with van der Waals surface area (Å²) < 4.78 is 0. The first-order valence-electron chi connectivity index (χ1n) is 4.49. The summed E-state index contributed by atoms with van der Waals surface area (Å²) in [7, 11) is 0. The van der Waals surface area contributed by atoms with Gasteiger partial charge in [-0.3, -0.25) is 0 Å². The average molecular weight is 179 g/mol. The summed E-state index contributed by atoms with van der Waals surface area (Å²) in [5, 5.41) is 21.5. The standard InChI is InChI=1S/C10H13NO2/c12-5-4-7-6-8-9(11-7)2-1-3-10(8)13/h1-3,7,11-13H,4-6H2. The molecule has 70 valence electrons. The van der Waals surface area contributed by atoms with E-state index in [1.807, 2.05) is 12.1 Å². The van der Waals surface area contributed by atoms with E-state index in [1.165, 1.54) is 0 Å². The molecule has 0 spiro atoms. The van der Waals surface area contributed by atoms with Crippen LogP contribution in [0.5, 0.6) is 5.75 Å². The summed E-state index contributed by atoms with van der Waals surface area (Å²) in [6, 6.07) is 5.74. The number of hydrogen-bond donors (Lipinski definition) is 3. The molecule has 0 bridgehead atoms. The van der Waals surface area contributed by atoms with Gasteiger partial charge in [0.1, 0.15) is 5.75 Å². The fraction of sp³-hybridized carbons (Fsp3) is 0.400. The zero-order valence-electron chi connectivity index (χ0n) is 7.33. The van der Waals surface area contributed by atoms with Crippen molar-refractivity contribution < 1.29 is 10.2 Å². The molecule has 2 rings (SSSR count). The van der Waals surface area contributed by atoms with E-state index in [-0.39, 0.29) is 12.6 Å². The summed E-state index contributed by atoms with van der Waals surface area (Å²) in [5.41, 5.74) is 1.97. The highest BCUT2D eigenvalue weighted by atomic mass is 16.3. The van der Waals surface area contributed by atoms with Crippen LogP contribution in [-0.2, 0) is 6.42 Å². The van der Waals surface area contributed by atoms with E-state index in [1.54, 1.807) is 6.07 Å². The Bertz CT molecular complexity index is 312. The summed E-state index contributed by atoms with van der Waals surface area (Å²) in [5.74, 6) is 0.352. The minimum absolute atomic E-state index is 0.187. The third-order valence-electron chi connectivity index (χ3n) is 2.44. The van der Waals surface area contributed by atoms with Gasteiger partial charge in [0.15, 0.2) is 0 Å². The Morgan fingerprint density at radius 3 is 3.00 bits per heavy atom. The molecule has 1 aliphatic rings. The molecular formula is C10H13NO2. The van der Waals surface area contributed by atoms with Gasteiger partial charge < -0.3 is 15.5 Å². The first kappa shape index (κ1) is 8.38. The Morgan fingerprint density at radius 2 is 2.31 bits per heavy atom. The highest BCUT2D eigenvalue weighted by Crippen LogP contribution is 2.33. The zero-order chi connectivity index (χ0) is 9.26. The molecule has 0 saturated heterocycles. The molecule has 0 aromatic heterocycles. The summed E-state index contributed by atoms with van der Waals surface area (Å²) >= 11 is 0. The smallest absolute Gasteiger partial charge is 0.120 e. The molecule has 0 aliphatic carbocycles.